The minimum Gasteiger partial charge on any atom is -0.399 e. The van der Waals surface area contributed by atoms with Crippen LogP contribution < -0.4 is 5.73 Å². The predicted molar refractivity (Wildman–Crippen MR) is 67.5 cm³/mol. The molecule has 0 bridgehead atoms. The largest absolute Gasteiger partial charge is 0.399 e. The predicted octanol–water partition coefficient (Wildman–Crippen LogP) is 2.79. The molecule has 1 aromatic carbocycles. The maximum atomic E-state index is 13.8. The molecule has 2 N–H and O–H groups in total. The van der Waals surface area contributed by atoms with Crippen LogP contribution >= 0.6 is 0 Å². The number of nitrogen functional groups attached to an aromatic ring is 1. The number of hydrogen-bond donors (Lipinski definition) is 1. The van der Waals surface area contributed by atoms with Gasteiger partial charge in [0, 0.05) is 18.7 Å². The van der Waals surface area contributed by atoms with Crippen LogP contribution in [0.3, 0.4) is 0 Å². The lowest BCUT2D eigenvalue weighted by molar-refractivity contribution is -0.135. The SMILES string of the molecule is Nc1ccc(-c2nnnn2CCCCC(F)(F)F)c(F)c1. The highest BCUT2D eigenvalue weighted by atomic mass is 19.4. The Hall–Kier alpha value is -2.19. The number of alkyl halides is 3. The molecular weight excluding hydrogens is 290 g/mol. The van der Waals surface area contributed by atoms with Gasteiger partial charge in [0.05, 0.1) is 5.56 Å². The van der Waals surface area contributed by atoms with E-state index in [9.17, 15) is 17.6 Å². The molecule has 5 nitrogen and oxygen atoms in total. The highest BCUT2D eigenvalue weighted by Gasteiger charge is 2.26. The minimum atomic E-state index is -4.17. The lowest BCUT2D eigenvalue weighted by Gasteiger charge is -2.07. The van der Waals surface area contributed by atoms with Crippen LogP contribution in [-0.4, -0.2) is 26.4 Å². The number of unbranched alkanes of at least 4 members (excludes halogenated alkanes) is 1. The lowest BCUT2D eigenvalue weighted by atomic mass is 10.1. The van der Waals surface area contributed by atoms with Crippen molar-refractivity contribution in [3.63, 3.8) is 0 Å². The lowest BCUT2D eigenvalue weighted by Crippen LogP contribution is -2.09. The Morgan fingerprint density at radius 3 is 2.62 bits per heavy atom. The first-order chi connectivity index (χ1) is 9.87. The molecule has 1 heterocycles. The summed E-state index contributed by atoms with van der Waals surface area (Å²) in [7, 11) is 0. The zero-order valence-electron chi connectivity index (χ0n) is 10.9. The van der Waals surface area contributed by atoms with Gasteiger partial charge in [0.1, 0.15) is 5.82 Å². The van der Waals surface area contributed by atoms with Crippen molar-refractivity contribution < 1.29 is 17.6 Å². The number of nitrogens with two attached hydrogens (primary N) is 1. The quantitative estimate of drug-likeness (QED) is 0.524. The molecule has 0 unspecified atom stereocenters. The molecule has 0 spiro atoms. The molecule has 114 valence electrons. The first kappa shape index (κ1) is 15.2. The smallest absolute Gasteiger partial charge is 0.389 e. The van der Waals surface area contributed by atoms with Crippen molar-refractivity contribution in [2.75, 3.05) is 5.73 Å². The van der Waals surface area contributed by atoms with Gasteiger partial charge in [-0.3, -0.25) is 0 Å². The molecule has 0 amide bonds. The van der Waals surface area contributed by atoms with Gasteiger partial charge in [0.2, 0.25) is 0 Å². The fraction of sp³-hybridized carbons (Fsp3) is 0.417. The summed E-state index contributed by atoms with van der Waals surface area (Å²) in [5.41, 5.74) is 5.87. The van der Waals surface area contributed by atoms with Crippen LogP contribution in [0.4, 0.5) is 23.2 Å². The van der Waals surface area contributed by atoms with E-state index >= 15 is 0 Å². The second kappa shape index (κ2) is 6.06. The number of halogens is 4. The van der Waals surface area contributed by atoms with Crippen molar-refractivity contribution in [2.24, 2.45) is 0 Å². The van der Waals surface area contributed by atoms with Crippen molar-refractivity contribution in [2.45, 2.75) is 32.0 Å². The van der Waals surface area contributed by atoms with Crippen molar-refractivity contribution >= 4 is 5.69 Å². The number of aromatic nitrogens is 4. The summed E-state index contributed by atoms with van der Waals surface area (Å²) in [6, 6.07) is 4.07. The zero-order chi connectivity index (χ0) is 15.5. The molecule has 2 aromatic rings. The molecule has 2 rings (SSSR count). The van der Waals surface area contributed by atoms with Gasteiger partial charge < -0.3 is 5.73 Å². The maximum Gasteiger partial charge on any atom is 0.389 e. The maximum absolute atomic E-state index is 13.8. The number of benzene rings is 1. The number of aryl methyl sites for hydroxylation is 1. The second-order valence-electron chi connectivity index (χ2n) is 4.54. The average molecular weight is 303 g/mol. The van der Waals surface area contributed by atoms with Crippen LogP contribution in [0.1, 0.15) is 19.3 Å². The molecule has 0 aliphatic rings. The first-order valence-electron chi connectivity index (χ1n) is 6.25. The van der Waals surface area contributed by atoms with Gasteiger partial charge in [-0.05, 0) is 41.5 Å². The van der Waals surface area contributed by atoms with Crippen molar-refractivity contribution in [1.29, 1.82) is 0 Å². The standard InChI is InChI=1S/C12H13F4N5/c13-10-7-8(17)3-4-9(10)11-18-19-20-21(11)6-2-1-5-12(14,15)16/h3-4,7H,1-2,5-6,17H2. The average Bonchev–Trinajstić information content (AvgIpc) is 2.82. The minimum absolute atomic E-state index is 0.0347. The van der Waals surface area contributed by atoms with Crippen LogP contribution in [-0.2, 0) is 6.54 Å². The Kier molecular flexibility index (Phi) is 4.39. The Bertz CT molecular complexity index is 608. The zero-order valence-corrected chi connectivity index (χ0v) is 10.9. The van der Waals surface area contributed by atoms with Gasteiger partial charge in [-0.15, -0.1) is 5.10 Å². The van der Waals surface area contributed by atoms with Crippen LogP contribution in [0.5, 0.6) is 0 Å². The molecule has 0 radical (unpaired) electrons. The third-order valence-corrected chi connectivity index (χ3v) is 2.85. The molecule has 21 heavy (non-hydrogen) atoms. The van der Waals surface area contributed by atoms with Crippen LogP contribution in [0.25, 0.3) is 11.4 Å². The fourth-order valence-corrected chi connectivity index (χ4v) is 1.85. The topological polar surface area (TPSA) is 69.6 Å². The molecule has 0 aliphatic heterocycles. The summed E-state index contributed by atoms with van der Waals surface area (Å²) in [5, 5.41) is 10.8. The van der Waals surface area contributed by atoms with E-state index < -0.39 is 18.4 Å². The van der Waals surface area contributed by atoms with E-state index in [0.29, 0.717) is 0 Å². The Balaban J connectivity index is 2.05. The van der Waals surface area contributed by atoms with E-state index in [0.717, 1.165) is 6.07 Å². The molecule has 0 saturated heterocycles. The number of rotatable bonds is 5. The monoisotopic (exact) mass is 303 g/mol. The van der Waals surface area contributed by atoms with E-state index in [1.807, 2.05) is 0 Å². The molecule has 0 atom stereocenters. The normalized spacial score (nSPS) is 11.8. The van der Waals surface area contributed by atoms with E-state index in [2.05, 4.69) is 15.5 Å². The van der Waals surface area contributed by atoms with E-state index in [-0.39, 0.29) is 36.5 Å². The van der Waals surface area contributed by atoms with E-state index in [1.165, 1.54) is 16.8 Å². The number of nitrogens with zero attached hydrogens (tertiary/aromatic N) is 4. The molecule has 1 aromatic heterocycles. The van der Waals surface area contributed by atoms with Gasteiger partial charge in [-0.1, -0.05) is 0 Å². The first-order valence-corrected chi connectivity index (χ1v) is 6.25. The summed E-state index contributed by atoms with van der Waals surface area (Å²) in [5.74, 6) is -0.416. The molecule has 9 heteroatoms. The van der Waals surface area contributed by atoms with E-state index in [4.69, 9.17) is 5.73 Å². The summed E-state index contributed by atoms with van der Waals surface area (Å²) in [6.07, 6.45) is -4.83. The van der Waals surface area contributed by atoms with Crippen molar-refractivity contribution in [1.82, 2.24) is 20.2 Å². The number of anilines is 1. The number of hydrogen-bond acceptors (Lipinski definition) is 4. The third-order valence-electron chi connectivity index (χ3n) is 2.85. The molecule has 0 fully saturated rings. The highest BCUT2D eigenvalue weighted by molar-refractivity contribution is 5.59. The molecular formula is C12H13F4N5. The number of tetrazole rings is 1. The van der Waals surface area contributed by atoms with E-state index in [1.54, 1.807) is 0 Å². The Morgan fingerprint density at radius 1 is 1.19 bits per heavy atom. The van der Waals surface area contributed by atoms with Crippen LogP contribution in [0, 0.1) is 5.82 Å². The van der Waals surface area contributed by atoms with Gasteiger partial charge in [0.15, 0.2) is 5.82 Å². The third kappa shape index (κ3) is 4.14. The Morgan fingerprint density at radius 2 is 1.95 bits per heavy atom. The van der Waals surface area contributed by atoms with Crippen molar-refractivity contribution in [3.05, 3.63) is 24.0 Å². The van der Waals surface area contributed by atoms with Gasteiger partial charge >= 0.3 is 6.18 Å². The summed E-state index contributed by atoms with van der Waals surface area (Å²) >= 11 is 0. The summed E-state index contributed by atoms with van der Waals surface area (Å²) in [4.78, 5) is 0. The summed E-state index contributed by atoms with van der Waals surface area (Å²) in [6.45, 7) is 0.183. The highest BCUT2D eigenvalue weighted by Crippen LogP contribution is 2.24. The van der Waals surface area contributed by atoms with Crippen LogP contribution in [0.15, 0.2) is 18.2 Å². The van der Waals surface area contributed by atoms with Gasteiger partial charge in [-0.25, -0.2) is 9.07 Å². The van der Waals surface area contributed by atoms with Gasteiger partial charge in [-0.2, -0.15) is 13.2 Å². The second-order valence-corrected chi connectivity index (χ2v) is 4.54. The fourth-order valence-electron chi connectivity index (χ4n) is 1.85. The Labute approximate surface area is 117 Å². The molecule has 0 saturated carbocycles. The van der Waals surface area contributed by atoms with Crippen LogP contribution in [0.2, 0.25) is 0 Å². The molecule has 0 aliphatic carbocycles. The van der Waals surface area contributed by atoms with Crippen molar-refractivity contribution in [3.8, 4) is 11.4 Å². The van der Waals surface area contributed by atoms with Gasteiger partial charge in [0.25, 0.3) is 0 Å². The summed E-state index contributed by atoms with van der Waals surface area (Å²) < 4.78 is 51.2.